The van der Waals surface area contributed by atoms with Crippen molar-refractivity contribution in [2.45, 2.75) is 12.5 Å². The molecule has 2 aliphatic rings. The number of nitrogens with zero attached hydrogens (tertiary/aromatic N) is 2. The van der Waals surface area contributed by atoms with Gasteiger partial charge >= 0.3 is 0 Å². The average molecular weight is 351 g/mol. The second-order valence-electron chi connectivity index (χ2n) is 6.31. The van der Waals surface area contributed by atoms with E-state index in [1.54, 1.807) is 24.3 Å². The van der Waals surface area contributed by atoms with Crippen LogP contribution in [0.25, 0.3) is 0 Å². The Morgan fingerprint density at radius 2 is 1.88 bits per heavy atom. The Morgan fingerprint density at radius 3 is 2.62 bits per heavy atom. The summed E-state index contributed by atoms with van der Waals surface area (Å²) < 4.78 is 13.2. The quantitative estimate of drug-likeness (QED) is 0.890. The van der Waals surface area contributed by atoms with Gasteiger partial charge in [-0.2, -0.15) is 0 Å². The van der Waals surface area contributed by atoms with Gasteiger partial charge in [0.25, 0.3) is 5.91 Å². The van der Waals surface area contributed by atoms with E-state index in [9.17, 15) is 14.3 Å². The molecule has 0 saturated carbocycles. The highest BCUT2D eigenvalue weighted by molar-refractivity contribution is 6.25. The van der Waals surface area contributed by atoms with Gasteiger partial charge in [-0.15, -0.1) is 0 Å². The van der Waals surface area contributed by atoms with Crippen LogP contribution in [-0.4, -0.2) is 34.8 Å². The van der Waals surface area contributed by atoms with Gasteiger partial charge in [0, 0.05) is 18.7 Å². The van der Waals surface area contributed by atoms with Gasteiger partial charge in [0.1, 0.15) is 23.0 Å². The number of anilines is 1. The molecular formula is C20H18FN3O2. The first-order valence-corrected chi connectivity index (χ1v) is 8.49. The normalized spacial score (nSPS) is 19.2. The fraction of sp³-hybridized carbons (Fsp3) is 0.200. The van der Waals surface area contributed by atoms with Gasteiger partial charge in [-0.3, -0.25) is 9.79 Å². The summed E-state index contributed by atoms with van der Waals surface area (Å²) in [5, 5.41) is 13.4. The minimum atomic E-state index is -0.378. The number of amides is 1. The third kappa shape index (κ3) is 2.94. The van der Waals surface area contributed by atoms with Crippen molar-refractivity contribution in [3.63, 3.8) is 0 Å². The Morgan fingerprint density at radius 1 is 1.15 bits per heavy atom. The Labute approximate surface area is 150 Å². The van der Waals surface area contributed by atoms with Crippen molar-refractivity contribution in [2.75, 3.05) is 18.4 Å². The summed E-state index contributed by atoms with van der Waals surface area (Å²) in [6.45, 7) is 1.22. The predicted octanol–water partition coefficient (Wildman–Crippen LogP) is 3.44. The molecule has 4 rings (SSSR count). The van der Waals surface area contributed by atoms with Crippen molar-refractivity contribution in [1.82, 2.24) is 4.90 Å². The van der Waals surface area contributed by atoms with E-state index in [2.05, 4.69) is 10.3 Å². The molecule has 2 heterocycles. The number of carbonyl (C=O) groups excluding carboxylic acids is 1. The van der Waals surface area contributed by atoms with Gasteiger partial charge in [-0.25, -0.2) is 4.39 Å². The van der Waals surface area contributed by atoms with E-state index < -0.39 is 0 Å². The van der Waals surface area contributed by atoms with Crippen LogP contribution in [0.15, 0.2) is 70.9 Å². The number of benzene rings is 2. The molecule has 0 saturated heterocycles. The molecule has 2 aromatic rings. The third-order valence-corrected chi connectivity index (χ3v) is 4.66. The van der Waals surface area contributed by atoms with E-state index in [1.165, 1.54) is 12.1 Å². The molecule has 1 amide bonds. The van der Waals surface area contributed by atoms with E-state index >= 15 is 0 Å². The number of para-hydroxylation sites is 1. The molecule has 0 spiro atoms. The van der Waals surface area contributed by atoms with E-state index in [1.807, 2.05) is 23.1 Å². The number of amidine groups is 1. The van der Waals surface area contributed by atoms with Gasteiger partial charge in [0.05, 0.1) is 12.6 Å². The van der Waals surface area contributed by atoms with Gasteiger partial charge in [0.15, 0.2) is 0 Å². The van der Waals surface area contributed by atoms with Crippen LogP contribution >= 0.6 is 0 Å². The number of carbonyl (C=O) groups is 1. The van der Waals surface area contributed by atoms with Crippen molar-refractivity contribution in [3.8, 4) is 0 Å². The van der Waals surface area contributed by atoms with Crippen LogP contribution in [0.2, 0.25) is 0 Å². The highest BCUT2D eigenvalue weighted by Crippen LogP contribution is 2.36. The molecule has 6 heteroatoms. The van der Waals surface area contributed by atoms with Gasteiger partial charge < -0.3 is 15.3 Å². The van der Waals surface area contributed by atoms with E-state index in [-0.39, 0.29) is 35.5 Å². The van der Waals surface area contributed by atoms with Crippen LogP contribution in [0.1, 0.15) is 18.0 Å². The van der Waals surface area contributed by atoms with E-state index in [0.717, 1.165) is 5.56 Å². The molecule has 0 radical (unpaired) electrons. The SMILES string of the molecule is O=C(Nc1ccccc1)C1=C(O)C[C@@H](c2ccc(F)cc2)N2CCN=C12. The third-order valence-electron chi connectivity index (χ3n) is 4.66. The zero-order valence-corrected chi connectivity index (χ0v) is 14.0. The molecule has 2 N–H and O–H groups in total. The van der Waals surface area contributed by atoms with Crippen LogP contribution in [0.5, 0.6) is 0 Å². The summed E-state index contributed by atoms with van der Waals surface area (Å²) in [5.41, 5.74) is 1.75. The van der Waals surface area contributed by atoms with Crippen molar-refractivity contribution in [2.24, 2.45) is 4.99 Å². The number of rotatable bonds is 3. The molecule has 0 aliphatic carbocycles. The first-order valence-electron chi connectivity index (χ1n) is 8.49. The van der Waals surface area contributed by atoms with Gasteiger partial charge in [-0.1, -0.05) is 30.3 Å². The van der Waals surface area contributed by atoms with E-state index in [0.29, 0.717) is 24.6 Å². The topological polar surface area (TPSA) is 64.9 Å². The Kier molecular flexibility index (Phi) is 4.16. The molecule has 2 aromatic carbocycles. The van der Waals surface area contributed by atoms with E-state index in [4.69, 9.17) is 0 Å². The second-order valence-corrected chi connectivity index (χ2v) is 6.31. The molecule has 0 fully saturated rings. The van der Waals surface area contributed by atoms with Crippen molar-refractivity contribution in [1.29, 1.82) is 0 Å². The number of fused-ring (bicyclic) bond motifs is 1. The van der Waals surface area contributed by atoms with Crippen LogP contribution in [0.3, 0.4) is 0 Å². The summed E-state index contributed by atoms with van der Waals surface area (Å²) in [6.07, 6.45) is 0.280. The highest BCUT2D eigenvalue weighted by Gasteiger charge is 2.38. The summed E-state index contributed by atoms with van der Waals surface area (Å²) in [7, 11) is 0. The maximum absolute atomic E-state index is 13.2. The average Bonchev–Trinajstić information content (AvgIpc) is 3.11. The van der Waals surface area contributed by atoms with Crippen LogP contribution < -0.4 is 5.32 Å². The largest absolute Gasteiger partial charge is 0.511 e. The molecule has 0 aromatic heterocycles. The molecule has 2 aliphatic heterocycles. The fourth-order valence-corrected chi connectivity index (χ4v) is 3.44. The van der Waals surface area contributed by atoms with Gasteiger partial charge in [-0.05, 0) is 29.8 Å². The smallest absolute Gasteiger partial charge is 0.262 e. The predicted molar refractivity (Wildman–Crippen MR) is 97.5 cm³/mol. The molecular weight excluding hydrogens is 333 g/mol. The number of nitrogens with one attached hydrogen (secondary N) is 1. The second kappa shape index (κ2) is 6.63. The minimum absolute atomic E-state index is 0.00431. The summed E-state index contributed by atoms with van der Waals surface area (Å²) in [6, 6.07) is 15.1. The molecule has 1 atom stereocenters. The fourth-order valence-electron chi connectivity index (χ4n) is 3.44. The monoisotopic (exact) mass is 351 g/mol. The van der Waals surface area contributed by atoms with Crippen LogP contribution in [0.4, 0.5) is 10.1 Å². The number of hydrogen-bond acceptors (Lipinski definition) is 4. The molecule has 132 valence electrons. The number of aliphatic hydroxyl groups excluding tert-OH is 1. The van der Waals surface area contributed by atoms with Gasteiger partial charge in [0.2, 0.25) is 0 Å². The Balaban J connectivity index is 1.65. The lowest BCUT2D eigenvalue weighted by Gasteiger charge is -2.35. The van der Waals surface area contributed by atoms with Crippen molar-refractivity contribution >= 4 is 17.4 Å². The number of halogens is 1. The van der Waals surface area contributed by atoms with Crippen molar-refractivity contribution in [3.05, 3.63) is 77.3 Å². The standard InChI is InChI=1S/C20H18FN3O2/c21-14-8-6-13(7-9-14)16-12-17(25)18(19-22-10-11-24(16)19)20(26)23-15-4-2-1-3-5-15/h1-9,16,25H,10-12H2,(H,23,26)/t16-/m0/s1. The molecule has 26 heavy (non-hydrogen) atoms. The van der Waals surface area contributed by atoms with Crippen LogP contribution in [0, 0.1) is 5.82 Å². The maximum atomic E-state index is 13.2. The highest BCUT2D eigenvalue weighted by atomic mass is 19.1. The van der Waals surface area contributed by atoms with Crippen molar-refractivity contribution < 1.29 is 14.3 Å². The first-order chi connectivity index (χ1) is 12.6. The first kappa shape index (κ1) is 16.3. The molecule has 0 unspecified atom stereocenters. The Bertz CT molecular complexity index is 891. The number of aliphatic imine (C=N–C) groups is 1. The summed E-state index contributed by atoms with van der Waals surface area (Å²) in [4.78, 5) is 19.2. The number of hydrogen-bond donors (Lipinski definition) is 2. The zero-order valence-electron chi connectivity index (χ0n) is 14.0. The lowest BCUT2D eigenvalue weighted by Crippen LogP contribution is -2.41. The summed E-state index contributed by atoms with van der Waals surface area (Å²) >= 11 is 0. The number of aliphatic hydroxyl groups is 1. The lowest BCUT2D eigenvalue weighted by molar-refractivity contribution is -0.112. The summed E-state index contributed by atoms with van der Waals surface area (Å²) in [5.74, 6) is -0.180. The Hall–Kier alpha value is -3.15. The zero-order chi connectivity index (χ0) is 18.1. The van der Waals surface area contributed by atoms with Crippen LogP contribution in [-0.2, 0) is 4.79 Å². The molecule has 0 bridgehead atoms. The minimum Gasteiger partial charge on any atom is -0.511 e. The molecule has 5 nitrogen and oxygen atoms in total. The maximum Gasteiger partial charge on any atom is 0.262 e. The lowest BCUT2D eigenvalue weighted by atomic mass is 9.93.